The number of urea groups is 1. The summed E-state index contributed by atoms with van der Waals surface area (Å²) < 4.78 is 0. The summed E-state index contributed by atoms with van der Waals surface area (Å²) in [6.07, 6.45) is 2.86. The maximum Gasteiger partial charge on any atom is 0.334 e. The number of carbonyl (C=O) groups excluding carboxylic acids is 4. The zero-order chi connectivity index (χ0) is 33.4. The Kier molecular flexibility index (Phi) is 8.59. The Morgan fingerprint density at radius 1 is 0.979 bits per heavy atom. The summed E-state index contributed by atoms with van der Waals surface area (Å²) >= 11 is 0. The van der Waals surface area contributed by atoms with E-state index in [4.69, 9.17) is 0 Å². The van der Waals surface area contributed by atoms with Gasteiger partial charge < -0.3 is 25.6 Å². The molecule has 12 heteroatoms. The van der Waals surface area contributed by atoms with Gasteiger partial charge in [0.05, 0.1) is 18.8 Å². The number of nitrogens with zero attached hydrogens (tertiary/aromatic N) is 4. The molecular weight excluding hydrogens is 610 g/mol. The number of hydrazine groups is 2. The number of para-hydroxylation sites is 1. The number of fused-ring (bicyclic) bond motifs is 2. The van der Waals surface area contributed by atoms with Crippen LogP contribution in [0.5, 0.6) is 5.75 Å². The Labute approximate surface area is 278 Å². The topological polar surface area (TPSA) is 138 Å². The highest BCUT2D eigenvalue weighted by molar-refractivity contribution is 5.93. The third-order valence-corrected chi connectivity index (χ3v) is 9.49. The Morgan fingerprint density at radius 2 is 1.75 bits per heavy atom. The van der Waals surface area contributed by atoms with E-state index in [9.17, 15) is 24.3 Å². The number of carbonyl (C=O) groups is 4. The van der Waals surface area contributed by atoms with E-state index in [1.54, 1.807) is 50.2 Å². The molecule has 0 aromatic heterocycles. The van der Waals surface area contributed by atoms with Crippen molar-refractivity contribution in [1.82, 2.24) is 30.6 Å². The number of rotatable bonds is 10. The first kappa shape index (κ1) is 31.4. The van der Waals surface area contributed by atoms with Crippen molar-refractivity contribution in [3.05, 3.63) is 108 Å². The number of hydrogen-bond donors (Lipinski definition) is 4. The molecule has 2 saturated heterocycles. The zero-order valence-corrected chi connectivity index (χ0v) is 26.5. The lowest BCUT2D eigenvalue weighted by atomic mass is 9.96. The van der Waals surface area contributed by atoms with E-state index in [0.29, 0.717) is 0 Å². The number of ketones is 1. The number of piperazine rings is 1. The molecule has 0 spiro atoms. The van der Waals surface area contributed by atoms with Crippen LogP contribution in [0.2, 0.25) is 0 Å². The van der Waals surface area contributed by atoms with Crippen molar-refractivity contribution in [2.45, 2.75) is 50.6 Å². The number of nitrogens with one attached hydrogen (secondary N) is 3. The van der Waals surface area contributed by atoms with Gasteiger partial charge in [0.15, 0.2) is 5.78 Å². The van der Waals surface area contributed by atoms with E-state index in [0.717, 1.165) is 40.8 Å². The lowest BCUT2D eigenvalue weighted by Crippen LogP contribution is -2.76. The Morgan fingerprint density at radius 3 is 2.48 bits per heavy atom. The molecule has 4 N–H and O–H groups in total. The van der Waals surface area contributed by atoms with Gasteiger partial charge in [0.1, 0.15) is 24.0 Å². The molecule has 3 aliphatic heterocycles. The molecular formula is C36H39N7O5. The van der Waals surface area contributed by atoms with Crippen molar-refractivity contribution in [3.63, 3.8) is 0 Å². The quantitative estimate of drug-likeness (QED) is 0.246. The normalized spacial score (nSPS) is 22.2. The molecule has 7 rings (SSSR count). The smallest absolute Gasteiger partial charge is 0.334 e. The van der Waals surface area contributed by atoms with Gasteiger partial charge >= 0.3 is 6.03 Å². The summed E-state index contributed by atoms with van der Waals surface area (Å²) in [5, 5.41) is 16.1. The lowest BCUT2D eigenvalue weighted by Gasteiger charge is -2.55. The minimum absolute atomic E-state index is 0.0740. The van der Waals surface area contributed by atoms with Crippen molar-refractivity contribution in [2.24, 2.45) is 5.92 Å². The van der Waals surface area contributed by atoms with Crippen LogP contribution in [0.15, 0.2) is 85.5 Å². The van der Waals surface area contributed by atoms with E-state index in [-0.39, 0.29) is 68.4 Å². The molecule has 1 saturated carbocycles. The summed E-state index contributed by atoms with van der Waals surface area (Å²) in [4.78, 5) is 58.5. The van der Waals surface area contributed by atoms with E-state index >= 15 is 0 Å². The number of amides is 4. The second-order valence-electron chi connectivity index (χ2n) is 12.8. The summed E-state index contributed by atoms with van der Waals surface area (Å²) in [7, 11) is 0. The van der Waals surface area contributed by atoms with Gasteiger partial charge in [-0.2, -0.15) is 0 Å². The number of anilines is 1. The van der Waals surface area contributed by atoms with Crippen LogP contribution in [0.1, 0.15) is 41.1 Å². The maximum atomic E-state index is 14.4. The average molecular weight is 650 g/mol. The summed E-state index contributed by atoms with van der Waals surface area (Å²) in [6.45, 7) is 4.57. The van der Waals surface area contributed by atoms with Crippen LogP contribution in [0.4, 0.5) is 10.5 Å². The first-order valence-corrected chi connectivity index (χ1v) is 16.3. The molecule has 1 aliphatic carbocycles. The maximum absolute atomic E-state index is 14.4. The van der Waals surface area contributed by atoms with Gasteiger partial charge in [-0.25, -0.2) is 20.2 Å². The third kappa shape index (κ3) is 6.12. The van der Waals surface area contributed by atoms with Crippen LogP contribution in [0, 0.1) is 5.92 Å². The number of hydrogen-bond acceptors (Lipinski definition) is 8. The standard InChI is InChI=1S/C36H39N7O5/c1-2-17-41-22-31(45)42-29(18-23-11-15-27(44)16-12-23)35(47)40(21-30(42)43(41)36(48)37-19-24-7-4-3-5-8-24)20-26-9-6-10-28-32(26)38-39-33(28)34(46)25-13-14-25/h2-12,15-16,25,29-30,33,38-39,44H,1,13-14,17-22H2,(H,37,48)/t29-,30-,33?/m0/s1. The fourth-order valence-corrected chi connectivity index (χ4v) is 6.95. The molecule has 0 radical (unpaired) electrons. The molecule has 12 nitrogen and oxygen atoms in total. The molecule has 3 heterocycles. The number of Topliss-reactive ketones (excluding diaryl/α,β-unsaturated/α-hetero) is 1. The molecule has 4 aliphatic rings. The summed E-state index contributed by atoms with van der Waals surface area (Å²) in [6, 6.07) is 20.1. The average Bonchev–Trinajstić information content (AvgIpc) is 3.85. The Hall–Kier alpha value is -5.20. The lowest BCUT2D eigenvalue weighted by molar-refractivity contribution is -0.189. The van der Waals surface area contributed by atoms with Crippen LogP contribution in [0.25, 0.3) is 0 Å². The molecule has 1 unspecified atom stereocenters. The van der Waals surface area contributed by atoms with Crippen molar-refractivity contribution >= 4 is 29.3 Å². The summed E-state index contributed by atoms with van der Waals surface area (Å²) in [5.41, 5.74) is 10.5. The molecule has 3 aromatic rings. The third-order valence-electron chi connectivity index (χ3n) is 9.49. The fourth-order valence-electron chi connectivity index (χ4n) is 6.95. The van der Waals surface area contributed by atoms with Gasteiger partial charge in [-0.05, 0) is 41.7 Å². The molecule has 3 atom stereocenters. The van der Waals surface area contributed by atoms with Crippen molar-refractivity contribution < 1.29 is 24.3 Å². The fraction of sp³-hybridized carbons (Fsp3) is 0.333. The minimum Gasteiger partial charge on any atom is -0.508 e. The molecule has 3 aromatic carbocycles. The zero-order valence-electron chi connectivity index (χ0n) is 26.5. The first-order valence-electron chi connectivity index (χ1n) is 16.3. The van der Waals surface area contributed by atoms with E-state index < -0.39 is 24.3 Å². The Bertz CT molecular complexity index is 1730. The van der Waals surface area contributed by atoms with Gasteiger partial charge in [0.2, 0.25) is 11.8 Å². The summed E-state index contributed by atoms with van der Waals surface area (Å²) in [5.74, 6) is -0.170. The second-order valence-corrected chi connectivity index (χ2v) is 12.8. The van der Waals surface area contributed by atoms with Crippen LogP contribution < -0.4 is 16.2 Å². The molecule has 3 fully saturated rings. The monoisotopic (exact) mass is 649 g/mol. The highest BCUT2D eigenvalue weighted by atomic mass is 16.3. The molecule has 4 amide bonds. The largest absolute Gasteiger partial charge is 0.508 e. The minimum atomic E-state index is -0.900. The number of phenols is 1. The van der Waals surface area contributed by atoms with Gasteiger partial charge in [-0.3, -0.25) is 14.4 Å². The van der Waals surface area contributed by atoms with Crippen LogP contribution in [-0.4, -0.2) is 80.4 Å². The number of phenolic OH excluding ortho intramolecular Hbond substituents is 1. The second kappa shape index (κ2) is 13.1. The van der Waals surface area contributed by atoms with E-state index in [2.05, 4.69) is 22.7 Å². The van der Waals surface area contributed by atoms with Crippen molar-refractivity contribution in [1.29, 1.82) is 0 Å². The van der Waals surface area contributed by atoms with Gasteiger partial charge in [0, 0.05) is 37.5 Å². The highest BCUT2D eigenvalue weighted by Crippen LogP contribution is 2.40. The first-order chi connectivity index (χ1) is 23.3. The predicted octanol–water partition coefficient (Wildman–Crippen LogP) is 3.08. The van der Waals surface area contributed by atoms with Gasteiger partial charge in [-0.15, -0.1) is 6.58 Å². The Balaban J connectivity index is 1.22. The predicted molar refractivity (Wildman–Crippen MR) is 178 cm³/mol. The van der Waals surface area contributed by atoms with Crippen LogP contribution in [0.3, 0.4) is 0 Å². The molecule has 248 valence electrons. The van der Waals surface area contributed by atoms with E-state index in [1.165, 1.54) is 0 Å². The van der Waals surface area contributed by atoms with Crippen LogP contribution in [-0.2, 0) is 33.9 Å². The number of benzene rings is 3. The van der Waals surface area contributed by atoms with Crippen LogP contribution >= 0.6 is 0 Å². The SMILES string of the molecule is C=CCN1CC(=O)N2[C@@H](Cc3ccc(O)cc3)C(=O)N(Cc3cccc4c3NNC4C(=O)C3CC3)C[C@@H]2N1C(=O)NCc1ccccc1. The number of aromatic hydroxyl groups is 1. The molecule has 0 bridgehead atoms. The molecule has 48 heavy (non-hydrogen) atoms. The van der Waals surface area contributed by atoms with Crippen molar-refractivity contribution in [2.75, 3.05) is 25.1 Å². The van der Waals surface area contributed by atoms with Gasteiger partial charge in [-0.1, -0.05) is 66.7 Å². The van der Waals surface area contributed by atoms with Crippen molar-refractivity contribution in [3.8, 4) is 5.75 Å². The highest BCUT2D eigenvalue weighted by Gasteiger charge is 2.51. The van der Waals surface area contributed by atoms with E-state index in [1.807, 2.05) is 48.5 Å². The van der Waals surface area contributed by atoms with Gasteiger partial charge in [0.25, 0.3) is 0 Å².